The molecule has 0 heterocycles. The molecule has 0 saturated carbocycles. The third-order valence-electron chi connectivity index (χ3n) is 1.26. The standard InChI is InChI=1S/C7H6Br2ClN/c1-11-7-5(9)2-4(8)3-6(7)10/h2-3,11H,1H3. The van der Waals surface area contributed by atoms with Crippen LogP contribution in [0.2, 0.25) is 5.02 Å². The van der Waals surface area contributed by atoms with Gasteiger partial charge in [0.2, 0.25) is 0 Å². The molecule has 0 atom stereocenters. The fraction of sp³-hybridized carbons (Fsp3) is 0.143. The zero-order valence-corrected chi connectivity index (χ0v) is 9.72. The van der Waals surface area contributed by atoms with E-state index in [0.717, 1.165) is 14.6 Å². The zero-order chi connectivity index (χ0) is 8.43. The van der Waals surface area contributed by atoms with Crippen LogP contribution in [0.15, 0.2) is 21.1 Å². The van der Waals surface area contributed by atoms with E-state index in [1.54, 1.807) is 0 Å². The van der Waals surface area contributed by atoms with Crippen molar-refractivity contribution < 1.29 is 0 Å². The van der Waals surface area contributed by atoms with E-state index < -0.39 is 0 Å². The Morgan fingerprint density at radius 3 is 2.45 bits per heavy atom. The molecule has 0 spiro atoms. The van der Waals surface area contributed by atoms with Crippen molar-refractivity contribution in [3.8, 4) is 0 Å². The molecule has 0 aliphatic carbocycles. The molecule has 0 aromatic heterocycles. The summed E-state index contributed by atoms with van der Waals surface area (Å²) in [7, 11) is 1.83. The summed E-state index contributed by atoms with van der Waals surface area (Å²) in [6.07, 6.45) is 0. The average Bonchev–Trinajstić information content (AvgIpc) is 1.85. The third kappa shape index (κ3) is 2.10. The van der Waals surface area contributed by atoms with Crippen LogP contribution in [0.4, 0.5) is 5.69 Å². The number of nitrogens with one attached hydrogen (secondary N) is 1. The van der Waals surface area contributed by atoms with Gasteiger partial charge in [-0.25, -0.2) is 0 Å². The lowest BCUT2D eigenvalue weighted by Crippen LogP contribution is -1.90. The largest absolute Gasteiger partial charge is 0.386 e. The molecule has 0 radical (unpaired) electrons. The number of hydrogen-bond donors (Lipinski definition) is 1. The van der Waals surface area contributed by atoms with Crippen LogP contribution < -0.4 is 5.32 Å². The van der Waals surface area contributed by atoms with Gasteiger partial charge in [0, 0.05) is 16.0 Å². The van der Waals surface area contributed by atoms with Crippen LogP contribution >= 0.6 is 43.5 Å². The van der Waals surface area contributed by atoms with Gasteiger partial charge < -0.3 is 5.32 Å². The Bertz CT molecular complexity index is 252. The number of halogens is 3. The predicted octanol–water partition coefficient (Wildman–Crippen LogP) is 3.91. The molecular weight excluding hydrogens is 293 g/mol. The molecule has 0 aliphatic rings. The summed E-state index contributed by atoms with van der Waals surface area (Å²) in [6, 6.07) is 3.79. The summed E-state index contributed by atoms with van der Waals surface area (Å²) in [6.45, 7) is 0. The van der Waals surface area contributed by atoms with Gasteiger partial charge in [-0.15, -0.1) is 0 Å². The number of benzene rings is 1. The Kier molecular flexibility index (Phi) is 3.22. The zero-order valence-electron chi connectivity index (χ0n) is 5.79. The van der Waals surface area contributed by atoms with Crippen molar-refractivity contribution in [3.05, 3.63) is 26.1 Å². The molecule has 4 heteroatoms. The van der Waals surface area contributed by atoms with Gasteiger partial charge in [-0.2, -0.15) is 0 Å². The molecule has 1 aromatic rings. The van der Waals surface area contributed by atoms with Crippen molar-refractivity contribution in [3.63, 3.8) is 0 Å². The summed E-state index contributed by atoms with van der Waals surface area (Å²) in [5.41, 5.74) is 0.912. The summed E-state index contributed by atoms with van der Waals surface area (Å²) >= 11 is 12.6. The van der Waals surface area contributed by atoms with Crippen LogP contribution in [0, 0.1) is 0 Å². The van der Waals surface area contributed by atoms with Crippen molar-refractivity contribution in [2.45, 2.75) is 0 Å². The minimum Gasteiger partial charge on any atom is -0.386 e. The Balaban J connectivity index is 3.25. The molecule has 0 saturated heterocycles. The summed E-state index contributed by atoms with van der Waals surface area (Å²) in [4.78, 5) is 0. The Hall–Kier alpha value is 0.270. The van der Waals surface area contributed by atoms with E-state index in [4.69, 9.17) is 11.6 Å². The van der Waals surface area contributed by atoms with Crippen LogP contribution in [-0.4, -0.2) is 7.05 Å². The molecule has 0 aliphatic heterocycles. The van der Waals surface area contributed by atoms with Crippen LogP contribution in [0.1, 0.15) is 0 Å². The van der Waals surface area contributed by atoms with Crippen molar-refractivity contribution in [1.29, 1.82) is 0 Å². The number of hydrogen-bond acceptors (Lipinski definition) is 1. The van der Waals surface area contributed by atoms with Crippen molar-refractivity contribution >= 4 is 49.1 Å². The molecule has 11 heavy (non-hydrogen) atoms. The molecule has 0 fully saturated rings. The van der Waals surface area contributed by atoms with Gasteiger partial charge in [-0.1, -0.05) is 27.5 Å². The number of rotatable bonds is 1. The minimum absolute atomic E-state index is 0.703. The smallest absolute Gasteiger partial charge is 0.0672 e. The van der Waals surface area contributed by atoms with Crippen LogP contribution in [0.3, 0.4) is 0 Å². The highest BCUT2D eigenvalue weighted by Crippen LogP contribution is 2.33. The second-order valence-corrected chi connectivity index (χ2v) is 4.17. The van der Waals surface area contributed by atoms with Crippen LogP contribution in [0.25, 0.3) is 0 Å². The second kappa shape index (κ2) is 3.78. The highest BCUT2D eigenvalue weighted by molar-refractivity contribution is 9.11. The third-order valence-corrected chi connectivity index (χ3v) is 2.64. The summed E-state index contributed by atoms with van der Waals surface area (Å²) in [5.74, 6) is 0. The van der Waals surface area contributed by atoms with E-state index in [0.29, 0.717) is 5.02 Å². The molecular formula is C7H6Br2ClN. The van der Waals surface area contributed by atoms with E-state index in [-0.39, 0.29) is 0 Å². The fourth-order valence-electron chi connectivity index (χ4n) is 0.781. The molecule has 0 bridgehead atoms. The van der Waals surface area contributed by atoms with Crippen LogP contribution in [-0.2, 0) is 0 Å². The molecule has 0 amide bonds. The quantitative estimate of drug-likeness (QED) is 0.829. The van der Waals surface area contributed by atoms with Gasteiger partial charge in [0.1, 0.15) is 0 Å². The van der Waals surface area contributed by atoms with Gasteiger partial charge in [0.25, 0.3) is 0 Å². The van der Waals surface area contributed by atoms with Crippen LogP contribution in [0.5, 0.6) is 0 Å². The summed E-state index contributed by atoms with van der Waals surface area (Å²) in [5, 5.41) is 3.69. The average molecular weight is 299 g/mol. The van der Waals surface area contributed by atoms with Gasteiger partial charge in [0.05, 0.1) is 10.7 Å². The molecule has 1 aromatic carbocycles. The molecule has 1 rings (SSSR count). The summed E-state index contributed by atoms with van der Waals surface area (Å²) < 4.78 is 1.92. The highest BCUT2D eigenvalue weighted by Gasteiger charge is 2.03. The maximum Gasteiger partial charge on any atom is 0.0672 e. The first-order valence-electron chi connectivity index (χ1n) is 2.97. The van der Waals surface area contributed by atoms with Gasteiger partial charge in [0.15, 0.2) is 0 Å². The monoisotopic (exact) mass is 297 g/mol. The second-order valence-electron chi connectivity index (χ2n) is 1.99. The van der Waals surface area contributed by atoms with E-state index in [1.165, 1.54) is 0 Å². The Morgan fingerprint density at radius 1 is 1.36 bits per heavy atom. The fourth-order valence-corrected chi connectivity index (χ4v) is 2.76. The SMILES string of the molecule is CNc1c(Cl)cc(Br)cc1Br. The van der Waals surface area contributed by atoms with Gasteiger partial charge in [-0.3, -0.25) is 0 Å². The van der Waals surface area contributed by atoms with Gasteiger partial charge >= 0.3 is 0 Å². The van der Waals surface area contributed by atoms with Gasteiger partial charge in [-0.05, 0) is 28.1 Å². The van der Waals surface area contributed by atoms with Crippen molar-refractivity contribution in [2.24, 2.45) is 0 Å². The molecule has 1 nitrogen and oxygen atoms in total. The molecule has 0 unspecified atom stereocenters. The normalized spacial score (nSPS) is 9.82. The first-order valence-corrected chi connectivity index (χ1v) is 4.94. The highest BCUT2D eigenvalue weighted by atomic mass is 79.9. The Morgan fingerprint density at radius 2 is 2.00 bits per heavy atom. The van der Waals surface area contributed by atoms with E-state index in [1.807, 2.05) is 19.2 Å². The lowest BCUT2D eigenvalue weighted by molar-refractivity contribution is 1.47. The van der Waals surface area contributed by atoms with Crippen molar-refractivity contribution in [2.75, 3.05) is 12.4 Å². The van der Waals surface area contributed by atoms with E-state index in [9.17, 15) is 0 Å². The lowest BCUT2D eigenvalue weighted by atomic mass is 10.3. The lowest BCUT2D eigenvalue weighted by Gasteiger charge is -2.05. The maximum absolute atomic E-state index is 5.91. The minimum atomic E-state index is 0.703. The van der Waals surface area contributed by atoms with Crippen molar-refractivity contribution in [1.82, 2.24) is 0 Å². The Labute approximate surface area is 87.4 Å². The predicted molar refractivity (Wildman–Crippen MR) is 56.4 cm³/mol. The van der Waals surface area contributed by atoms with E-state index in [2.05, 4.69) is 37.2 Å². The first-order chi connectivity index (χ1) is 5.15. The maximum atomic E-state index is 5.91. The van der Waals surface area contributed by atoms with E-state index >= 15 is 0 Å². The number of anilines is 1. The topological polar surface area (TPSA) is 12.0 Å². The first kappa shape index (κ1) is 9.36. The molecule has 1 N–H and O–H groups in total. The molecule has 60 valence electrons.